The van der Waals surface area contributed by atoms with E-state index in [0.29, 0.717) is 0 Å². The summed E-state index contributed by atoms with van der Waals surface area (Å²) in [6.45, 7) is 0.908. The average Bonchev–Trinajstić information content (AvgIpc) is 2.12. The summed E-state index contributed by atoms with van der Waals surface area (Å²) in [6.07, 6.45) is -1.28. The van der Waals surface area contributed by atoms with Crippen molar-refractivity contribution in [3.8, 4) is 0 Å². The van der Waals surface area contributed by atoms with Gasteiger partial charge >= 0.3 is 16.6 Å². The highest BCUT2D eigenvalue weighted by atomic mass is 32.2. The molecule has 0 saturated heterocycles. The standard InChI is InChI=1S/C6H12O7S/c1-5(2-7)6(9)3-14(10,11)13-12-4-8/h4-7,9H,2-3H2,1H3. The third-order valence-electron chi connectivity index (χ3n) is 1.50. The van der Waals surface area contributed by atoms with E-state index in [1.165, 1.54) is 6.92 Å². The van der Waals surface area contributed by atoms with Crippen LogP contribution in [0, 0.1) is 5.92 Å². The van der Waals surface area contributed by atoms with Crippen LogP contribution < -0.4 is 0 Å². The Balaban J connectivity index is 4.14. The smallest absolute Gasteiger partial charge is 0.332 e. The van der Waals surface area contributed by atoms with E-state index >= 15 is 0 Å². The van der Waals surface area contributed by atoms with Crippen molar-refractivity contribution in [2.24, 2.45) is 5.92 Å². The van der Waals surface area contributed by atoms with E-state index in [9.17, 15) is 18.3 Å². The van der Waals surface area contributed by atoms with Crippen LogP contribution in [0.3, 0.4) is 0 Å². The van der Waals surface area contributed by atoms with E-state index in [2.05, 4.69) is 9.22 Å². The molecule has 0 aliphatic carbocycles. The van der Waals surface area contributed by atoms with Gasteiger partial charge in [-0.3, -0.25) is 9.68 Å². The van der Waals surface area contributed by atoms with E-state index in [-0.39, 0.29) is 13.1 Å². The molecular formula is C6H12O7S. The minimum absolute atomic E-state index is 0.195. The average molecular weight is 228 g/mol. The molecule has 0 spiro atoms. The van der Waals surface area contributed by atoms with Gasteiger partial charge in [-0.2, -0.15) is 8.42 Å². The first-order chi connectivity index (χ1) is 6.43. The molecule has 0 heterocycles. The number of carbonyl (C=O) groups is 1. The first-order valence-corrected chi connectivity index (χ1v) is 5.31. The van der Waals surface area contributed by atoms with Crippen LogP contribution >= 0.6 is 0 Å². The van der Waals surface area contributed by atoms with E-state index in [1.54, 1.807) is 0 Å². The summed E-state index contributed by atoms with van der Waals surface area (Å²) in [4.78, 5) is 13.2. The monoisotopic (exact) mass is 228 g/mol. The number of aliphatic hydroxyl groups excluding tert-OH is 2. The molecule has 0 aliphatic rings. The predicted molar refractivity (Wildman–Crippen MR) is 44.3 cm³/mol. The summed E-state index contributed by atoms with van der Waals surface area (Å²) >= 11 is 0. The minimum Gasteiger partial charge on any atom is -0.396 e. The zero-order chi connectivity index (χ0) is 11.2. The van der Waals surface area contributed by atoms with E-state index in [4.69, 9.17) is 5.11 Å². The minimum atomic E-state index is -4.11. The zero-order valence-electron chi connectivity index (χ0n) is 7.49. The summed E-state index contributed by atoms with van der Waals surface area (Å²) in [6, 6.07) is 0. The van der Waals surface area contributed by atoms with Crippen molar-refractivity contribution < 1.29 is 32.6 Å². The van der Waals surface area contributed by atoms with Crippen molar-refractivity contribution in [1.82, 2.24) is 0 Å². The van der Waals surface area contributed by atoms with Gasteiger partial charge in [-0.05, 0) is 0 Å². The molecule has 0 aromatic heterocycles. The Bertz CT molecular complexity index is 259. The number of hydrogen-bond donors (Lipinski definition) is 2. The van der Waals surface area contributed by atoms with Crippen molar-refractivity contribution in [2.45, 2.75) is 13.0 Å². The molecule has 0 amide bonds. The number of aliphatic hydroxyl groups is 2. The van der Waals surface area contributed by atoms with Crippen LogP contribution in [0.1, 0.15) is 6.92 Å². The van der Waals surface area contributed by atoms with Crippen molar-refractivity contribution in [3.63, 3.8) is 0 Å². The molecular weight excluding hydrogens is 216 g/mol. The number of hydrogen-bond acceptors (Lipinski definition) is 7. The summed E-state index contributed by atoms with van der Waals surface area (Å²) in [5, 5.41) is 17.8. The maximum absolute atomic E-state index is 10.9. The second kappa shape index (κ2) is 5.91. The van der Waals surface area contributed by atoms with Crippen LogP contribution in [0.2, 0.25) is 0 Å². The highest BCUT2D eigenvalue weighted by Crippen LogP contribution is 2.06. The van der Waals surface area contributed by atoms with E-state index < -0.39 is 27.9 Å². The summed E-state index contributed by atoms with van der Waals surface area (Å²) in [7, 11) is -4.11. The molecule has 2 N–H and O–H groups in total. The maximum atomic E-state index is 10.9. The van der Waals surface area contributed by atoms with Gasteiger partial charge in [-0.1, -0.05) is 11.3 Å². The molecule has 8 heteroatoms. The Morgan fingerprint density at radius 3 is 2.50 bits per heavy atom. The van der Waals surface area contributed by atoms with Crippen molar-refractivity contribution in [2.75, 3.05) is 12.4 Å². The third kappa shape index (κ3) is 5.12. The number of carbonyl (C=O) groups excluding carboxylic acids is 1. The van der Waals surface area contributed by atoms with Crippen LogP contribution in [0.4, 0.5) is 0 Å². The molecule has 0 aromatic carbocycles. The molecule has 0 fully saturated rings. The fourth-order valence-electron chi connectivity index (χ4n) is 0.599. The fraction of sp³-hybridized carbons (Fsp3) is 0.833. The van der Waals surface area contributed by atoms with Crippen molar-refractivity contribution in [1.29, 1.82) is 0 Å². The Kier molecular flexibility index (Phi) is 5.62. The van der Waals surface area contributed by atoms with Gasteiger partial charge in [0.15, 0.2) is 0 Å². The van der Waals surface area contributed by atoms with Gasteiger partial charge in [0.1, 0.15) is 5.75 Å². The van der Waals surface area contributed by atoms with Gasteiger partial charge in [0, 0.05) is 12.5 Å². The summed E-state index contributed by atoms with van der Waals surface area (Å²) < 4.78 is 25.5. The lowest BCUT2D eigenvalue weighted by Crippen LogP contribution is -2.30. The summed E-state index contributed by atoms with van der Waals surface area (Å²) in [5.74, 6) is -1.35. The van der Waals surface area contributed by atoms with E-state index in [0.717, 1.165) is 0 Å². The normalized spacial score (nSPS) is 15.9. The highest BCUT2D eigenvalue weighted by molar-refractivity contribution is 7.86. The second-order valence-corrected chi connectivity index (χ2v) is 4.30. The quantitative estimate of drug-likeness (QED) is 0.307. The van der Waals surface area contributed by atoms with Gasteiger partial charge in [-0.15, -0.1) is 0 Å². The SMILES string of the molecule is CC(CO)C(O)CS(=O)(=O)OOC=O. The Labute approximate surface area is 81.3 Å². The summed E-state index contributed by atoms with van der Waals surface area (Å²) in [5.41, 5.74) is 0. The lowest BCUT2D eigenvalue weighted by atomic mass is 10.1. The molecule has 0 saturated carbocycles. The lowest BCUT2D eigenvalue weighted by Gasteiger charge is -2.14. The lowest BCUT2D eigenvalue weighted by molar-refractivity contribution is -0.194. The van der Waals surface area contributed by atoms with Crippen molar-refractivity contribution >= 4 is 16.6 Å². The Morgan fingerprint density at radius 2 is 2.07 bits per heavy atom. The molecule has 0 aliphatic heterocycles. The largest absolute Gasteiger partial charge is 0.396 e. The molecule has 7 nitrogen and oxygen atoms in total. The van der Waals surface area contributed by atoms with Crippen LogP contribution in [-0.2, 0) is 24.1 Å². The van der Waals surface area contributed by atoms with Gasteiger partial charge in [0.2, 0.25) is 0 Å². The third-order valence-corrected chi connectivity index (χ3v) is 2.54. The Morgan fingerprint density at radius 1 is 1.50 bits per heavy atom. The van der Waals surface area contributed by atoms with Gasteiger partial charge in [0.05, 0.1) is 6.10 Å². The molecule has 14 heavy (non-hydrogen) atoms. The van der Waals surface area contributed by atoms with E-state index in [1.807, 2.05) is 0 Å². The first-order valence-electron chi connectivity index (χ1n) is 3.73. The second-order valence-electron chi connectivity index (χ2n) is 2.71. The van der Waals surface area contributed by atoms with Crippen LogP contribution in [0.25, 0.3) is 0 Å². The Hall–Kier alpha value is -0.700. The van der Waals surface area contributed by atoms with Crippen LogP contribution in [0.15, 0.2) is 0 Å². The molecule has 0 radical (unpaired) electrons. The predicted octanol–water partition coefficient (Wildman–Crippen LogP) is -1.59. The van der Waals surface area contributed by atoms with Crippen LogP contribution in [0.5, 0.6) is 0 Å². The molecule has 2 atom stereocenters. The van der Waals surface area contributed by atoms with Gasteiger partial charge in [0.25, 0.3) is 0 Å². The fourth-order valence-corrected chi connectivity index (χ4v) is 1.55. The van der Waals surface area contributed by atoms with Crippen molar-refractivity contribution in [3.05, 3.63) is 0 Å². The highest BCUT2D eigenvalue weighted by Gasteiger charge is 2.23. The maximum Gasteiger partial charge on any atom is 0.332 e. The molecule has 0 aromatic rings. The van der Waals surface area contributed by atoms with Crippen LogP contribution in [-0.4, -0.2) is 43.6 Å². The number of rotatable bonds is 7. The first kappa shape index (κ1) is 13.3. The topological polar surface area (TPSA) is 110 Å². The molecule has 84 valence electrons. The molecule has 2 unspecified atom stereocenters. The zero-order valence-corrected chi connectivity index (χ0v) is 8.31. The molecule has 0 bridgehead atoms. The van der Waals surface area contributed by atoms with Gasteiger partial charge in [-0.25, -0.2) is 0 Å². The molecule has 0 rings (SSSR count). The van der Waals surface area contributed by atoms with Gasteiger partial charge < -0.3 is 10.2 Å².